The van der Waals surface area contributed by atoms with E-state index >= 15 is 0 Å². The Hall–Kier alpha value is -2.87. The van der Waals surface area contributed by atoms with Crippen molar-refractivity contribution in [2.45, 2.75) is 31.6 Å². The van der Waals surface area contributed by atoms with Crippen molar-refractivity contribution in [3.63, 3.8) is 0 Å². The number of hydrogen-bond acceptors (Lipinski definition) is 4. The third-order valence-electron chi connectivity index (χ3n) is 4.93. The number of nitrogens with zero attached hydrogens (tertiary/aromatic N) is 1. The van der Waals surface area contributed by atoms with Crippen LogP contribution in [0.1, 0.15) is 44.7 Å². The van der Waals surface area contributed by atoms with Crippen molar-refractivity contribution in [2.24, 2.45) is 0 Å². The molecule has 2 N–H and O–H groups in total. The van der Waals surface area contributed by atoms with Crippen LogP contribution in [0.5, 0.6) is 0 Å². The monoisotopic (exact) mass is 402 g/mol. The van der Waals surface area contributed by atoms with E-state index in [9.17, 15) is 23.1 Å². The minimum atomic E-state index is -3.98. The van der Waals surface area contributed by atoms with E-state index in [1.165, 1.54) is 18.2 Å². The first kappa shape index (κ1) is 19.9. The summed E-state index contributed by atoms with van der Waals surface area (Å²) in [6.45, 7) is 4.78. The van der Waals surface area contributed by atoms with Crippen LogP contribution in [0.25, 0.3) is 0 Å². The molecule has 1 amide bonds. The van der Waals surface area contributed by atoms with Crippen molar-refractivity contribution in [1.29, 1.82) is 0 Å². The number of likely N-dealkylation sites (tertiary alicyclic amines) is 1. The van der Waals surface area contributed by atoms with Crippen molar-refractivity contribution in [3.8, 4) is 0 Å². The molecular formula is C20H22N2O5S. The molecule has 0 aliphatic carbocycles. The first-order valence-electron chi connectivity index (χ1n) is 8.96. The Morgan fingerprint density at radius 2 is 1.61 bits per heavy atom. The smallest absolute Gasteiger partial charge is 0.335 e. The summed E-state index contributed by atoms with van der Waals surface area (Å²) in [6.07, 6.45) is 2.00. The summed E-state index contributed by atoms with van der Waals surface area (Å²) in [7, 11) is -3.98. The van der Waals surface area contributed by atoms with Crippen LogP contribution in [0.3, 0.4) is 0 Å². The van der Waals surface area contributed by atoms with Crippen LogP contribution in [-0.4, -0.2) is 43.4 Å². The van der Waals surface area contributed by atoms with Gasteiger partial charge >= 0.3 is 5.97 Å². The molecule has 0 saturated carbocycles. The number of nitrogens with one attached hydrogen (secondary N) is 1. The molecule has 0 unspecified atom stereocenters. The van der Waals surface area contributed by atoms with Crippen LogP contribution in [-0.2, 0) is 10.0 Å². The molecule has 0 atom stereocenters. The summed E-state index contributed by atoms with van der Waals surface area (Å²) in [4.78, 5) is 25.3. The molecule has 2 aromatic rings. The molecule has 7 nitrogen and oxygen atoms in total. The Morgan fingerprint density at radius 3 is 2.18 bits per heavy atom. The Morgan fingerprint density at radius 1 is 1.00 bits per heavy atom. The Kier molecular flexibility index (Phi) is 5.42. The van der Waals surface area contributed by atoms with Crippen molar-refractivity contribution < 1.29 is 23.1 Å². The topological polar surface area (TPSA) is 104 Å². The van der Waals surface area contributed by atoms with E-state index in [4.69, 9.17) is 0 Å². The van der Waals surface area contributed by atoms with Gasteiger partial charge in [0.2, 0.25) is 0 Å². The van der Waals surface area contributed by atoms with E-state index in [1.807, 2.05) is 0 Å². The normalized spacial score (nSPS) is 14.1. The summed E-state index contributed by atoms with van der Waals surface area (Å²) in [5, 5.41) is 9.20. The lowest BCUT2D eigenvalue weighted by Crippen LogP contribution is -2.27. The number of aromatic carboxylic acids is 1. The number of amides is 1. The van der Waals surface area contributed by atoms with Crippen LogP contribution in [0.2, 0.25) is 0 Å². The molecule has 28 heavy (non-hydrogen) atoms. The zero-order valence-electron chi connectivity index (χ0n) is 15.7. The Labute approximate surface area is 164 Å². The lowest BCUT2D eigenvalue weighted by molar-refractivity contribution is 0.0695. The highest BCUT2D eigenvalue weighted by molar-refractivity contribution is 7.92. The van der Waals surface area contributed by atoms with Crippen LogP contribution in [0.4, 0.5) is 5.69 Å². The molecule has 148 valence electrons. The van der Waals surface area contributed by atoms with E-state index in [0.717, 1.165) is 32.0 Å². The zero-order valence-corrected chi connectivity index (χ0v) is 16.5. The summed E-state index contributed by atoms with van der Waals surface area (Å²) in [5.74, 6) is -1.25. The van der Waals surface area contributed by atoms with Crippen LogP contribution >= 0.6 is 0 Å². The SMILES string of the molecule is Cc1cc(C(=O)O)cc(S(=O)(=O)Nc2ccc(C(=O)N3CCCC3)cc2)c1C. The van der Waals surface area contributed by atoms with E-state index in [-0.39, 0.29) is 16.4 Å². The van der Waals surface area contributed by atoms with Crippen molar-refractivity contribution in [3.05, 3.63) is 58.7 Å². The van der Waals surface area contributed by atoms with Gasteiger partial charge < -0.3 is 10.0 Å². The van der Waals surface area contributed by atoms with Crippen LogP contribution in [0, 0.1) is 13.8 Å². The summed E-state index contributed by atoms with van der Waals surface area (Å²) < 4.78 is 28.1. The molecule has 1 aliphatic rings. The van der Waals surface area contributed by atoms with Gasteiger partial charge in [0.05, 0.1) is 10.5 Å². The molecule has 1 saturated heterocycles. The van der Waals surface area contributed by atoms with Gasteiger partial charge in [0.15, 0.2) is 0 Å². The van der Waals surface area contributed by atoms with Gasteiger partial charge in [-0.3, -0.25) is 9.52 Å². The third kappa shape index (κ3) is 4.01. The van der Waals surface area contributed by atoms with Gasteiger partial charge in [-0.15, -0.1) is 0 Å². The maximum absolute atomic E-state index is 12.8. The second kappa shape index (κ2) is 7.63. The van der Waals surface area contributed by atoms with E-state index in [1.54, 1.807) is 30.9 Å². The molecule has 0 bridgehead atoms. The quantitative estimate of drug-likeness (QED) is 0.800. The lowest BCUT2D eigenvalue weighted by Gasteiger charge is -2.16. The number of carboxylic acid groups (broad SMARTS) is 1. The molecule has 0 radical (unpaired) electrons. The maximum Gasteiger partial charge on any atom is 0.335 e. The fourth-order valence-electron chi connectivity index (χ4n) is 3.22. The standard InChI is InChI=1S/C20H22N2O5S/c1-13-11-16(20(24)25)12-18(14(13)2)28(26,27)21-17-7-5-15(6-8-17)19(23)22-9-3-4-10-22/h5-8,11-12,21H,3-4,9-10H2,1-2H3,(H,24,25). The van der Waals surface area contributed by atoms with Gasteiger partial charge in [-0.05, 0) is 74.2 Å². The molecule has 0 spiro atoms. The third-order valence-corrected chi connectivity index (χ3v) is 6.44. The fourth-order valence-corrected chi connectivity index (χ4v) is 4.63. The highest BCUT2D eigenvalue weighted by Crippen LogP contribution is 2.24. The van der Waals surface area contributed by atoms with Gasteiger partial charge in [0, 0.05) is 24.3 Å². The van der Waals surface area contributed by atoms with Crippen molar-refractivity contribution in [2.75, 3.05) is 17.8 Å². The number of benzene rings is 2. The highest BCUT2D eigenvalue weighted by Gasteiger charge is 2.22. The Balaban J connectivity index is 1.85. The highest BCUT2D eigenvalue weighted by atomic mass is 32.2. The summed E-state index contributed by atoms with van der Waals surface area (Å²) >= 11 is 0. The Bertz CT molecular complexity index is 1020. The number of carboxylic acids is 1. The molecular weight excluding hydrogens is 380 g/mol. The molecule has 1 aliphatic heterocycles. The predicted molar refractivity (Wildman–Crippen MR) is 105 cm³/mol. The minimum Gasteiger partial charge on any atom is -0.478 e. The lowest BCUT2D eigenvalue weighted by atomic mass is 10.1. The number of carbonyl (C=O) groups is 2. The van der Waals surface area contributed by atoms with Gasteiger partial charge in [-0.25, -0.2) is 13.2 Å². The van der Waals surface area contributed by atoms with Gasteiger partial charge in [-0.1, -0.05) is 0 Å². The summed E-state index contributed by atoms with van der Waals surface area (Å²) in [5.41, 5.74) is 1.78. The largest absolute Gasteiger partial charge is 0.478 e. The van der Waals surface area contributed by atoms with E-state index < -0.39 is 16.0 Å². The maximum atomic E-state index is 12.8. The number of hydrogen-bond donors (Lipinski definition) is 2. The number of rotatable bonds is 5. The molecule has 1 heterocycles. The van der Waals surface area contributed by atoms with Crippen LogP contribution in [0.15, 0.2) is 41.3 Å². The van der Waals surface area contributed by atoms with E-state index in [2.05, 4.69) is 4.72 Å². The molecule has 2 aromatic carbocycles. The van der Waals surface area contributed by atoms with Gasteiger partial charge in [0.25, 0.3) is 15.9 Å². The zero-order chi connectivity index (χ0) is 20.5. The number of anilines is 1. The minimum absolute atomic E-state index is 0.0625. The number of sulfonamides is 1. The average Bonchev–Trinajstić information content (AvgIpc) is 3.18. The van der Waals surface area contributed by atoms with Gasteiger partial charge in [0.1, 0.15) is 0 Å². The first-order chi connectivity index (χ1) is 13.2. The second-order valence-corrected chi connectivity index (χ2v) is 8.55. The number of carbonyl (C=O) groups excluding carboxylic acids is 1. The average molecular weight is 402 g/mol. The van der Waals surface area contributed by atoms with E-state index in [0.29, 0.717) is 22.4 Å². The summed E-state index contributed by atoms with van der Waals surface area (Å²) in [6, 6.07) is 8.83. The molecule has 0 aromatic heterocycles. The molecule has 3 rings (SSSR count). The fraction of sp³-hybridized carbons (Fsp3) is 0.300. The first-order valence-corrected chi connectivity index (χ1v) is 10.4. The van der Waals surface area contributed by atoms with Gasteiger partial charge in [-0.2, -0.15) is 0 Å². The van der Waals surface area contributed by atoms with Crippen LogP contribution < -0.4 is 4.72 Å². The molecule has 8 heteroatoms. The molecule has 1 fully saturated rings. The van der Waals surface area contributed by atoms with Crippen molar-refractivity contribution >= 4 is 27.6 Å². The second-order valence-electron chi connectivity index (χ2n) is 6.90. The predicted octanol–water partition coefficient (Wildman–Crippen LogP) is 3.04. The number of aryl methyl sites for hydroxylation is 1. The van der Waals surface area contributed by atoms with Crippen molar-refractivity contribution in [1.82, 2.24) is 4.90 Å².